The molecule has 0 radical (unpaired) electrons. The fourth-order valence-electron chi connectivity index (χ4n) is 6.52. The van der Waals surface area contributed by atoms with Gasteiger partial charge in [0.1, 0.15) is 91.6 Å². The third kappa shape index (κ3) is 10.0. The van der Waals surface area contributed by atoms with Gasteiger partial charge < -0.3 is 99.2 Å². The summed E-state index contributed by atoms with van der Waals surface area (Å²) in [6.45, 7) is 2.75. The van der Waals surface area contributed by atoms with Crippen LogP contribution in [0.1, 0.15) is 39.0 Å². The Morgan fingerprint density at radius 1 is 0.481 bits per heavy atom. The predicted octanol–water partition coefficient (Wildman–Crippen LogP) is -5.56. The van der Waals surface area contributed by atoms with E-state index in [1.54, 1.807) is 0 Å². The third-order valence-electron chi connectivity index (χ3n) is 9.74. The maximum Gasteiger partial charge on any atom is 0.187 e. The van der Waals surface area contributed by atoms with Crippen molar-refractivity contribution in [1.82, 2.24) is 0 Å². The van der Waals surface area contributed by atoms with Crippen LogP contribution >= 0.6 is 0 Å². The summed E-state index contributed by atoms with van der Waals surface area (Å²) >= 11 is 0. The van der Waals surface area contributed by atoms with Crippen molar-refractivity contribution in [3.8, 4) is 0 Å². The summed E-state index contributed by atoms with van der Waals surface area (Å²) in [7, 11) is 0. The minimum Gasteiger partial charge on any atom is -0.394 e. The molecule has 4 rings (SSSR count). The van der Waals surface area contributed by atoms with Gasteiger partial charge in [-0.25, -0.2) is 0 Å². The molecule has 20 heteroatoms. The summed E-state index contributed by atoms with van der Waals surface area (Å²) in [4.78, 5) is 0. The van der Waals surface area contributed by atoms with Crippen LogP contribution in [0.5, 0.6) is 0 Å². The number of aliphatic hydroxyl groups excluding tert-OH is 12. The van der Waals surface area contributed by atoms with Gasteiger partial charge in [0.25, 0.3) is 0 Å². The standard InChI is InChI=1S/C32H56O20/c1-3-4-5-6-7-8-9-45-29-25(44)26(19(38)15(11-34)47-29)50-32-28(52-30-23(42)21(40)17(36)13(2)46-30)27(20(39)16(12-35)49-32)51-31-24(43)22(41)18(37)14(10-33)48-31/h3,13-44H,1,4-12H2,2H3/t13?,14?,15?,16?,17-,18+,19+,20+,21?,22?,23?,24?,25?,26?,27?,28?,29-,30+,31-,32+/m1/s1. The molecule has 0 aromatic carbocycles. The molecule has 0 bridgehead atoms. The average Bonchev–Trinajstić information content (AvgIpc) is 3.13. The maximum atomic E-state index is 11.3. The molecule has 0 aromatic heterocycles. The van der Waals surface area contributed by atoms with Gasteiger partial charge >= 0.3 is 0 Å². The Bertz CT molecular complexity index is 1060. The number of rotatable bonds is 17. The number of unbranched alkanes of at least 4 members (excludes halogenated alkanes) is 4. The van der Waals surface area contributed by atoms with Gasteiger partial charge in [-0.15, -0.1) is 6.58 Å². The number of allylic oxidation sites excluding steroid dienone is 1. The van der Waals surface area contributed by atoms with Crippen molar-refractivity contribution in [2.75, 3.05) is 26.4 Å². The monoisotopic (exact) mass is 760 g/mol. The lowest BCUT2D eigenvalue weighted by atomic mass is 9.95. The van der Waals surface area contributed by atoms with Gasteiger partial charge in [0, 0.05) is 6.61 Å². The Kier molecular flexibility index (Phi) is 17.0. The molecule has 20 nitrogen and oxygen atoms in total. The Morgan fingerprint density at radius 3 is 1.58 bits per heavy atom. The second kappa shape index (κ2) is 20.2. The summed E-state index contributed by atoms with van der Waals surface area (Å²) in [5, 5.41) is 126. The van der Waals surface area contributed by atoms with Crippen molar-refractivity contribution >= 4 is 0 Å². The molecule has 20 atom stereocenters. The SMILES string of the molecule is C=CCCCCCCO[C@@H]1OC(CO)[C@H](O)C(O[C@@H]2OC(CO)[C@H](O)C(O[C@H]3OC(CO)[C@H](O)C(O)C3O)C2O[C@@H]2OC(C)[C@@H](O)C(O)C2O)C1O. The van der Waals surface area contributed by atoms with Crippen LogP contribution in [0.15, 0.2) is 12.7 Å². The predicted molar refractivity (Wildman–Crippen MR) is 169 cm³/mol. The molecule has 4 fully saturated rings. The van der Waals surface area contributed by atoms with Gasteiger partial charge in [0.05, 0.1) is 25.9 Å². The van der Waals surface area contributed by atoms with Crippen molar-refractivity contribution < 1.29 is 99.2 Å². The molecule has 0 amide bonds. The highest BCUT2D eigenvalue weighted by Crippen LogP contribution is 2.36. The molecule has 4 saturated heterocycles. The Balaban J connectivity index is 1.62. The smallest absolute Gasteiger partial charge is 0.187 e. The molecule has 4 heterocycles. The van der Waals surface area contributed by atoms with E-state index >= 15 is 0 Å². The average molecular weight is 761 g/mol. The molecule has 4 aliphatic rings. The highest BCUT2D eigenvalue weighted by atomic mass is 16.8. The first-order valence-electron chi connectivity index (χ1n) is 17.5. The van der Waals surface area contributed by atoms with E-state index in [2.05, 4.69) is 6.58 Å². The fourth-order valence-corrected chi connectivity index (χ4v) is 6.52. The number of hydrogen-bond donors (Lipinski definition) is 12. The van der Waals surface area contributed by atoms with Crippen LogP contribution in [0.3, 0.4) is 0 Å². The van der Waals surface area contributed by atoms with E-state index in [4.69, 9.17) is 37.9 Å². The largest absolute Gasteiger partial charge is 0.394 e. The van der Waals surface area contributed by atoms with E-state index in [0.717, 1.165) is 25.7 Å². The van der Waals surface area contributed by atoms with Gasteiger partial charge in [0.15, 0.2) is 25.2 Å². The van der Waals surface area contributed by atoms with E-state index in [-0.39, 0.29) is 6.61 Å². The van der Waals surface area contributed by atoms with Crippen LogP contribution in [0.25, 0.3) is 0 Å². The van der Waals surface area contributed by atoms with Gasteiger partial charge in [-0.3, -0.25) is 0 Å². The molecule has 0 aromatic rings. The summed E-state index contributed by atoms with van der Waals surface area (Å²) in [5.74, 6) is 0. The lowest BCUT2D eigenvalue weighted by Gasteiger charge is -2.50. The Hall–Kier alpha value is -1.06. The molecular formula is C32H56O20. The van der Waals surface area contributed by atoms with Crippen molar-refractivity contribution in [3.05, 3.63) is 12.7 Å². The van der Waals surface area contributed by atoms with E-state index in [0.29, 0.717) is 6.42 Å². The molecule has 52 heavy (non-hydrogen) atoms. The minimum absolute atomic E-state index is 0.138. The van der Waals surface area contributed by atoms with Gasteiger partial charge in [-0.2, -0.15) is 0 Å². The number of hydrogen-bond acceptors (Lipinski definition) is 20. The summed E-state index contributed by atoms with van der Waals surface area (Å²) < 4.78 is 46.1. The van der Waals surface area contributed by atoms with Gasteiger partial charge in [-0.1, -0.05) is 18.9 Å². The highest BCUT2D eigenvalue weighted by molar-refractivity contribution is 4.98. The normalized spacial score (nSPS) is 47.3. The fraction of sp³-hybridized carbons (Fsp3) is 0.938. The lowest BCUT2D eigenvalue weighted by Crippen LogP contribution is -2.68. The molecular weight excluding hydrogens is 704 g/mol. The molecule has 0 spiro atoms. The second-order valence-electron chi connectivity index (χ2n) is 13.5. The highest BCUT2D eigenvalue weighted by Gasteiger charge is 2.56. The Morgan fingerprint density at radius 2 is 0.962 bits per heavy atom. The van der Waals surface area contributed by atoms with Crippen molar-refractivity contribution in [2.24, 2.45) is 0 Å². The summed E-state index contributed by atoms with van der Waals surface area (Å²) in [6, 6.07) is 0. The minimum atomic E-state index is -1.97. The zero-order chi connectivity index (χ0) is 38.3. The van der Waals surface area contributed by atoms with Crippen LogP contribution in [0.2, 0.25) is 0 Å². The van der Waals surface area contributed by atoms with Crippen molar-refractivity contribution in [1.29, 1.82) is 0 Å². The number of ether oxygens (including phenoxy) is 8. The molecule has 0 saturated carbocycles. The van der Waals surface area contributed by atoms with Gasteiger partial charge in [-0.05, 0) is 26.2 Å². The topological polar surface area (TPSA) is 317 Å². The van der Waals surface area contributed by atoms with Crippen molar-refractivity contribution in [3.63, 3.8) is 0 Å². The zero-order valence-electron chi connectivity index (χ0n) is 28.8. The first-order chi connectivity index (χ1) is 24.8. The van der Waals surface area contributed by atoms with Gasteiger partial charge in [0.2, 0.25) is 0 Å². The van der Waals surface area contributed by atoms with Crippen molar-refractivity contribution in [2.45, 2.75) is 162 Å². The zero-order valence-corrected chi connectivity index (χ0v) is 28.8. The van der Waals surface area contributed by atoms with Crippen LogP contribution in [-0.2, 0) is 37.9 Å². The van der Waals surface area contributed by atoms with E-state index in [1.165, 1.54) is 6.92 Å². The van der Waals surface area contributed by atoms with Crippen LogP contribution in [-0.4, -0.2) is 211 Å². The van der Waals surface area contributed by atoms with Crippen LogP contribution < -0.4 is 0 Å². The summed E-state index contributed by atoms with van der Waals surface area (Å²) in [5.41, 5.74) is 0. The van der Waals surface area contributed by atoms with E-state index in [9.17, 15) is 61.3 Å². The molecule has 304 valence electrons. The van der Waals surface area contributed by atoms with Crippen LogP contribution in [0.4, 0.5) is 0 Å². The van der Waals surface area contributed by atoms with E-state index < -0.39 is 143 Å². The molecule has 12 N–H and O–H groups in total. The first-order valence-corrected chi connectivity index (χ1v) is 17.5. The quantitative estimate of drug-likeness (QED) is 0.0486. The third-order valence-corrected chi connectivity index (χ3v) is 9.74. The molecule has 4 aliphatic heterocycles. The number of aliphatic hydroxyl groups is 12. The lowest BCUT2D eigenvalue weighted by molar-refractivity contribution is -0.405. The first kappa shape index (κ1) is 43.7. The molecule has 0 aliphatic carbocycles. The van der Waals surface area contributed by atoms with E-state index in [1.807, 2.05) is 6.08 Å². The maximum absolute atomic E-state index is 11.3. The summed E-state index contributed by atoms with van der Waals surface area (Å²) in [6.07, 6.45) is -28.0. The molecule has 12 unspecified atom stereocenters. The Labute approximate surface area is 300 Å². The van der Waals surface area contributed by atoms with Crippen LogP contribution in [0, 0.1) is 0 Å². The second-order valence-corrected chi connectivity index (χ2v) is 13.5.